The maximum absolute atomic E-state index is 13.2. The van der Waals surface area contributed by atoms with Gasteiger partial charge in [-0.25, -0.2) is 4.79 Å². The Labute approximate surface area is 250 Å². The molecule has 0 unspecified atom stereocenters. The zero-order chi connectivity index (χ0) is 32.2. The number of aliphatic carboxylic acids is 1. The molecule has 0 fully saturated rings. The van der Waals surface area contributed by atoms with Gasteiger partial charge in [-0.1, -0.05) is 0 Å². The number of unbranched alkanes of at least 4 members (excludes halogenated alkanes) is 1. The summed E-state index contributed by atoms with van der Waals surface area (Å²) < 4.78 is 0. The van der Waals surface area contributed by atoms with Gasteiger partial charge >= 0.3 is 5.97 Å². The molecule has 0 heterocycles. The van der Waals surface area contributed by atoms with Gasteiger partial charge in [0.05, 0.1) is 6.10 Å². The minimum absolute atomic E-state index is 0.0241. The molecule has 0 aliphatic carbocycles. The standard InChI is InChI=1S/C24H48N10O7S/c1-13(35)18(27)22(39)32-14(6-2-3-9-25)19(36)31-15(7-4-10-26)20(37)34-17(12-42)21(38)33-16(23(40)41)8-5-11-30-24(28)29/h13-18,35,42H,2-12,25-27H2,1H3,(H,31,36)(H,32,39)(H,33,38)(H,34,37)(H,40,41)(H4,28,29,30)/t13-,14-,15+,16+,17-,18+/m1/s1. The van der Waals surface area contributed by atoms with Crippen LogP contribution >= 0.6 is 12.6 Å². The summed E-state index contributed by atoms with van der Waals surface area (Å²) in [6, 6.07) is -6.01. The Hall–Kier alpha value is -3.19. The fourth-order valence-electron chi connectivity index (χ4n) is 3.61. The van der Waals surface area contributed by atoms with Crippen molar-refractivity contribution in [3.63, 3.8) is 0 Å². The molecule has 0 bridgehead atoms. The molecule has 0 radical (unpaired) electrons. The van der Waals surface area contributed by atoms with E-state index in [4.69, 9.17) is 28.7 Å². The Morgan fingerprint density at radius 1 is 0.738 bits per heavy atom. The summed E-state index contributed by atoms with van der Waals surface area (Å²) in [5.41, 5.74) is 27.3. The highest BCUT2D eigenvalue weighted by molar-refractivity contribution is 7.80. The van der Waals surface area contributed by atoms with Crippen molar-refractivity contribution in [2.75, 3.05) is 25.4 Å². The van der Waals surface area contributed by atoms with Crippen molar-refractivity contribution in [2.24, 2.45) is 33.7 Å². The van der Waals surface area contributed by atoms with Gasteiger partial charge in [-0.05, 0) is 65.0 Å². The number of aliphatic imine (C=N–C) groups is 1. The Morgan fingerprint density at radius 3 is 1.67 bits per heavy atom. The van der Waals surface area contributed by atoms with Crippen LogP contribution in [-0.2, 0) is 24.0 Å². The summed E-state index contributed by atoms with van der Waals surface area (Å²) in [6.07, 6.45) is 0.818. The topological polar surface area (TPSA) is 316 Å². The lowest BCUT2D eigenvalue weighted by molar-refractivity contribution is -0.142. The zero-order valence-electron chi connectivity index (χ0n) is 24.0. The summed E-state index contributed by atoms with van der Waals surface area (Å²) in [5, 5.41) is 29.0. The van der Waals surface area contributed by atoms with Crippen LogP contribution in [0.4, 0.5) is 0 Å². The van der Waals surface area contributed by atoms with Crippen LogP contribution in [0.2, 0.25) is 0 Å². The van der Waals surface area contributed by atoms with E-state index in [1.165, 1.54) is 6.92 Å². The monoisotopic (exact) mass is 620 g/mol. The van der Waals surface area contributed by atoms with E-state index in [1.54, 1.807) is 0 Å². The summed E-state index contributed by atoms with van der Waals surface area (Å²) in [6.45, 7) is 2.07. The molecule has 18 heteroatoms. The number of carbonyl (C=O) groups excluding carboxylic acids is 4. The Morgan fingerprint density at radius 2 is 1.19 bits per heavy atom. The van der Waals surface area contributed by atoms with Crippen molar-refractivity contribution in [3.05, 3.63) is 0 Å². The first-order valence-electron chi connectivity index (χ1n) is 13.7. The van der Waals surface area contributed by atoms with Crippen LogP contribution in [-0.4, -0.2) is 107 Å². The minimum atomic E-state index is -1.29. The number of carbonyl (C=O) groups is 5. The number of rotatable bonds is 22. The van der Waals surface area contributed by atoms with Crippen molar-refractivity contribution >= 4 is 48.2 Å². The molecule has 17 nitrogen and oxygen atoms in total. The maximum atomic E-state index is 13.2. The molecule has 0 aliphatic rings. The van der Waals surface area contributed by atoms with Crippen molar-refractivity contribution in [1.82, 2.24) is 21.3 Å². The number of thiol groups is 1. The molecular weight excluding hydrogens is 572 g/mol. The second kappa shape index (κ2) is 21.5. The van der Waals surface area contributed by atoms with Crippen LogP contribution in [0.3, 0.4) is 0 Å². The van der Waals surface area contributed by atoms with Gasteiger partial charge in [0.25, 0.3) is 0 Å². The molecule has 0 spiro atoms. The average Bonchev–Trinajstić information content (AvgIpc) is 2.93. The van der Waals surface area contributed by atoms with E-state index in [0.717, 1.165) is 0 Å². The maximum Gasteiger partial charge on any atom is 0.326 e. The normalized spacial score (nSPS) is 15.2. The molecule has 0 aromatic carbocycles. The number of aliphatic hydroxyl groups excluding tert-OH is 1. The molecule has 16 N–H and O–H groups in total. The van der Waals surface area contributed by atoms with Crippen LogP contribution in [0.25, 0.3) is 0 Å². The third-order valence-electron chi connectivity index (χ3n) is 6.11. The van der Waals surface area contributed by atoms with Gasteiger partial charge in [0, 0.05) is 12.3 Å². The fourth-order valence-corrected chi connectivity index (χ4v) is 3.87. The minimum Gasteiger partial charge on any atom is -0.480 e. The lowest BCUT2D eigenvalue weighted by Gasteiger charge is -2.26. The number of nitrogens with zero attached hydrogens (tertiary/aromatic N) is 1. The number of carboxylic acid groups (broad SMARTS) is 1. The van der Waals surface area contributed by atoms with Crippen LogP contribution in [0, 0.1) is 0 Å². The van der Waals surface area contributed by atoms with Gasteiger partial charge in [-0.3, -0.25) is 24.2 Å². The van der Waals surface area contributed by atoms with Gasteiger partial charge < -0.3 is 60.1 Å². The SMILES string of the molecule is C[C@@H](O)[C@H](N)C(=O)N[C@H](CCCCN)C(=O)N[C@@H](CCCN)C(=O)N[C@H](CS)C(=O)N[C@@H](CCCN=C(N)N)C(=O)O. The first kappa shape index (κ1) is 38.8. The Balaban J connectivity index is 5.57. The van der Waals surface area contributed by atoms with Crippen molar-refractivity contribution in [1.29, 1.82) is 0 Å². The molecule has 0 saturated carbocycles. The van der Waals surface area contributed by atoms with Crippen molar-refractivity contribution < 1.29 is 34.2 Å². The highest BCUT2D eigenvalue weighted by Crippen LogP contribution is 2.06. The summed E-state index contributed by atoms with van der Waals surface area (Å²) in [4.78, 5) is 67.0. The summed E-state index contributed by atoms with van der Waals surface area (Å²) >= 11 is 4.11. The predicted molar refractivity (Wildman–Crippen MR) is 160 cm³/mol. The summed E-state index contributed by atoms with van der Waals surface area (Å²) in [7, 11) is 0. The van der Waals surface area contributed by atoms with E-state index in [9.17, 15) is 34.2 Å². The van der Waals surface area contributed by atoms with Gasteiger partial charge in [0.1, 0.15) is 30.2 Å². The van der Waals surface area contributed by atoms with Gasteiger partial charge in [0.2, 0.25) is 23.6 Å². The third-order valence-corrected chi connectivity index (χ3v) is 6.47. The van der Waals surface area contributed by atoms with Crippen LogP contribution in [0.15, 0.2) is 4.99 Å². The molecule has 0 saturated heterocycles. The zero-order valence-corrected chi connectivity index (χ0v) is 24.9. The summed E-state index contributed by atoms with van der Waals surface area (Å²) in [5.74, 6) is -4.58. The molecule has 4 amide bonds. The average molecular weight is 621 g/mol. The molecule has 0 aromatic rings. The highest BCUT2D eigenvalue weighted by Gasteiger charge is 2.31. The number of aliphatic hydroxyl groups is 1. The second-order valence-corrected chi connectivity index (χ2v) is 10.1. The highest BCUT2D eigenvalue weighted by atomic mass is 32.1. The third kappa shape index (κ3) is 15.7. The quantitative estimate of drug-likeness (QED) is 0.0236. The number of nitrogens with one attached hydrogen (secondary N) is 4. The molecule has 42 heavy (non-hydrogen) atoms. The van der Waals surface area contributed by atoms with Crippen molar-refractivity contribution in [3.8, 4) is 0 Å². The van der Waals surface area contributed by atoms with E-state index in [2.05, 4.69) is 38.9 Å². The van der Waals surface area contributed by atoms with Crippen LogP contribution in [0.1, 0.15) is 51.9 Å². The number of nitrogens with two attached hydrogens (primary N) is 5. The lowest BCUT2D eigenvalue weighted by atomic mass is 10.0. The van der Waals surface area contributed by atoms with Gasteiger partial charge in [-0.15, -0.1) is 0 Å². The van der Waals surface area contributed by atoms with Gasteiger partial charge in [0.15, 0.2) is 5.96 Å². The van der Waals surface area contributed by atoms with E-state index in [1.807, 2.05) is 0 Å². The van der Waals surface area contributed by atoms with E-state index >= 15 is 0 Å². The van der Waals surface area contributed by atoms with E-state index in [0.29, 0.717) is 25.8 Å². The Kier molecular flexibility index (Phi) is 19.9. The number of guanidine groups is 1. The van der Waals surface area contributed by atoms with E-state index in [-0.39, 0.29) is 50.5 Å². The largest absolute Gasteiger partial charge is 0.480 e. The van der Waals surface area contributed by atoms with Crippen LogP contribution in [0.5, 0.6) is 0 Å². The fraction of sp³-hybridized carbons (Fsp3) is 0.750. The first-order chi connectivity index (χ1) is 19.8. The molecule has 0 aromatic heterocycles. The molecule has 0 aliphatic heterocycles. The number of hydrogen-bond donors (Lipinski definition) is 12. The van der Waals surface area contributed by atoms with Crippen molar-refractivity contribution in [2.45, 2.75) is 88.2 Å². The van der Waals surface area contributed by atoms with E-state index < -0.39 is 65.9 Å². The number of hydrogen-bond acceptors (Lipinski definition) is 11. The Bertz CT molecular complexity index is 905. The lowest BCUT2D eigenvalue weighted by Crippen LogP contribution is -2.59. The number of carboxylic acids is 1. The number of amides is 4. The van der Waals surface area contributed by atoms with Gasteiger partial charge in [-0.2, -0.15) is 12.6 Å². The predicted octanol–water partition coefficient (Wildman–Crippen LogP) is -4.43. The molecular formula is C24H48N10O7S. The molecule has 242 valence electrons. The molecule has 0 rings (SSSR count). The first-order valence-corrected chi connectivity index (χ1v) is 14.4. The van der Waals surface area contributed by atoms with Crippen LogP contribution < -0.4 is 49.9 Å². The smallest absolute Gasteiger partial charge is 0.326 e. The second-order valence-electron chi connectivity index (χ2n) is 9.70. The molecule has 6 atom stereocenters.